The van der Waals surface area contributed by atoms with Crippen molar-refractivity contribution in [1.82, 2.24) is 9.78 Å². The van der Waals surface area contributed by atoms with Crippen LogP contribution < -0.4 is 5.73 Å². The first kappa shape index (κ1) is 11.3. The number of rotatable bonds is 2. The molecule has 2 aromatic rings. The summed E-state index contributed by atoms with van der Waals surface area (Å²) in [6, 6.07) is 5.46. The van der Waals surface area contributed by atoms with Crippen molar-refractivity contribution in [3.8, 4) is 0 Å². The van der Waals surface area contributed by atoms with Gasteiger partial charge in [0.1, 0.15) is 0 Å². The topological polar surface area (TPSA) is 43.8 Å². The largest absolute Gasteiger partial charge is 0.398 e. The van der Waals surface area contributed by atoms with E-state index in [4.69, 9.17) is 28.9 Å². The molecule has 0 aliphatic rings. The summed E-state index contributed by atoms with van der Waals surface area (Å²) in [5.74, 6) is 0. The van der Waals surface area contributed by atoms with E-state index in [1.165, 1.54) is 0 Å². The third-order valence-corrected chi connectivity index (χ3v) is 3.23. The maximum atomic E-state index is 6.08. The van der Waals surface area contributed by atoms with Crippen LogP contribution in [-0.2, 0) is 6.54 Å². The fourth-order valence-corrected chi connectivity index (χ4v) is 1.86. The average Bonchev–Trinajstić information content (AvgIpc) is 2.55. The van der Waals surface area contributed by atoms with E-state index >= 15 is 0 Å². The van der Waals surface area contributed by atoms with Gasteiger partial charge in [-0.05, 0) is 19.1 Å². The van der Waals surface area contributed by atoms with Crippen LogP contribution in [0, 0.1) is 6.92 Å². The van der Waals surface area contributed by atoms with Crippen molar-refractivity contribution in [2.24, 2.45) is 0 Å². The summed E-state index contributed by atoms with van der Waals surface area (Å²) in [6.45, 7) is 2.44. The standard InChI is InChI=1S/C11H11Cl2N3/c1-7-10(13)5-15-16(7)6-8-9(12)3-2-4-11(8)14/h2-5H,6,14H2,1H3. The molecule has 0 radical (unpaired) electrons. The van der Waals surface area contributed by atoms with Gasteiger partial charge in [-0.1, -0.05) is 29.3 Å². The van der Waals surface area contributed by atoms with Crippen LogP contribution >= 0.6 is 23.2 Å². The van der Waals surface area contributed by atoms with Crippen LogP contribution in [-0.4, -0.2) is 9.78 Å². The first-order chi connectivity index (χ1) is 7.59. The van der Waals surface area contributed by atoms with Gasteiger partial charge in [0.15, 0.2) is 0 Å². The van der Waals surface area contributed by atoms with Crippen LogP contribution in [0.3, 0.4) is 0 Å². The highest BCUT2D eigenvalue weighted by Gasteiger charge is 2.09. The highest BCUT2D eigenvalue weighted by atomic mass is 35.5. The lowest BCUT2D eigenvalue weighted by Crippen LogP contribution is -2.06. The van der Waals surface area contributed by atoms with Gasteiger partial charge in [0.05, 0.1) is 23.5 Å². The third-order valence-electron chi connectivity index (χ3n) is 2.51. The molecular formula is C11H11Cl2N3. The second-order valence-electron chi connectivity index (χ2n) is 3.54. The number of halogens is 2. The lowest BCUT2D eigenvalue weighted by molar-refractivity contribution is 0.666. The number of hydrogen-bond acceptors (Lipinski definition) is 2. The maximum absolute atomic E-state index is 6.08. The zero-order chi connectivity index (χ0) is 11.7. The zero-order valence-corrected chi connectivity index (χ0v) is 10.3. The van der Waals surface area contributed by atoms with E-state index in [0.29, 0.717) is 22.3 Å². The molecule has 5 heteroatoms. The Balaban J connectivity index is 2.38. The summed E-state index contributed by atoms with van der Waals surface area (Å²) in [4.78, 5) is 0. The summed E-state index contributed by atoms with van der Waals surface area (Å²) in [6.07, 6.45) is 1.62. The smallest absolute Gasteiger partial charge is 0.0815 e. The van der Waals surface area contributed by atoms with Crippen LogP contribution in [0.2, 0.25) is 10.0 Å². The highest BCUT2D eigenvalue weighted by Crippen LogP contribution is 2.24. The van der Waals surface area contributed by atoms with Crippen molar-refractivity contribution in [3.63, 3.8) is 0 Å². The first-order valence-electron chi connectivity index (χ1n) is 4.80. The quantitative estimate of drug-likeness (QED) is 0.839. The average molecular weight is 256 g/mol. The van der Waals surface area contributed by atoms with Gasteiger partial charge in [-0.2, -0.15) is 5.10 Å². The molecule has 0 fully saturated rings. The third kappa shape index (κ3) is 2.01. The minimum atomic E-state index is 0.532. The van der Waals surface area contributed by atoms with E-state index in [0.717, 1.165) is 11.3 Å². The van der Waals surface area contributed by atoms with Crippen molar-refractivity contribution >= 4 is 28.9 Å². The molecule has 0 amide bonds. The van der Waals surface area contributed by atoms with Crippen LogP contribution in [0.1, 0.15) is 11.3 Å². The number of benzene rings is 1. The Hall–Kier alpha value is -1.19. The van der Waals surface area contributed by atoms with E-state index in [1.807, 2.05) is 25.1 Å². The maximum Gasteiger partial charge on any atom is 0.0815 e. The van der Waals surface area contributed by atoms with Crippen LogP contribution in [0.15, 0.2) is 24.4 Å². The Morgan fingerprint density at radius 2 is 2.06 bits per heavy atom. The number of hydrogen-bond donors (Lipinski definition) is 1. The van der Waals surface area contributed by atoms with Gasteiger partial charge in [0, 0.05) is 16.3 Å². The van der Waals surface area contributed by atoms with Crippen LogP contribution in [0.5, 0.6) is 0 Å². The molecule has 1 aromatic carbocycles. The number of nitrogens with zero attached hydrogens (tertiary/aromatic N) is 2. The summed E-state index contributed by atoms with van der Waals surface area (Å²) >= 11 is 12.0. The number of anilines is 1. The molecule has 2 rings (SSSR count). The fraction of sp³-hybridized carbons (Fsp3) is 0.182. The van der Waals surface area contributed by atoms with Crippen molar-refractivity contribution in [1.29, 1.82) is 0 Å². The van der Waals surface area contributed by atoms with E-state index in [2.05, 4.69) is 5.10 Å². The molecule has 0 saturated carbocycles. The van der Waals surface area contributed by atoms with Crippen molar-refractivity contribution in [2.45, 2.75) is 13.5 Å². The predicted molar refractivity (Wildman–Crippen MR) is 66.9 cm³/mol. The van der Waals surface area contributed by atoms with Crippen LogP contribution in [0.4, 0.5) is 5.69 Å². The highest BCUT2D eigenvalue weighted by molar-refractivity contribution is 6.32. The van der Waals surface area contributed by atoms with Gasteiger partial charge in [-0.3, -0.25) is 4.68 Å². The molecule has 16 heavy (non-hydrogen) atoms. The van der Waals surface area contributed by atoms with Crippen LogP contribution in [0.25, 0.3) is 0 Å². The molecule has 2 N–H and O–H groups in total. The van der Waals surface area contributed by atoms with E-state index in [-0.39, 0.29) is 0 Å². The molecule has 0 atom stereocenters. The molecule has 0 saturated heterocycles. The summed E-state index contributed by atoms with van der Waals surface area (Å²) < 4.78 is 1.78. The van der Waals surface area contributed by atoms with Gasteiger partial charge in [0.25, 0.3) is 0 Å². The van der Waals surface area contributed by atoms with Gasteiger partial charge >= 0.3 is 0 Å². The second kappa shape index (κ2) is 4.36. The zero-order valence-electron chi connectivity index (χ0n) is 8.74. The Morgan fingerprint density at radius 1 is 1.31 bits per heavy atom. The summed E-state index contributed by atoms with van der Waals surface area (Å²) in [7, 11) is 0. The molecule has 0 bridgehead atoms. The van der Waals surface area contributed by atoms with Crippen molar-refractivity contribution in [3.05, 3.63) is 45.7 Å². The van der Waals surface area contributed by atoms with Gasteiger partial charge in [-0.15, -0.1) is 0 Å². The molecule has 0 aliphatic carbocycles. The lowest BCUT2D eigenvalue weighted by atomic mass is 10.2. The Labute approximate surface area is 104 Å². The van der Waals surface area contributed by atoms with Crippen molar-refractivity contribution in [2.75, 3.05) is 5.73 Å². The normalized spacial score (nSPS) is 10.7. The first-order valence-corrected chi connectivity index (χ1v) is 5.56. The minimum Gasteiger partial charge on any atom is -0.398 e. The van der Waals surface area contributed by atoms with E-state index in [9.17, 15) is 0 Å². The van der Waals surface area contributed by atoms with Gasteiger partial charge < -0.3 is 5.73 Å². The Bertz CT molecular complexity index is 500. The number of aromatic nitrogens is 2. The van der Waals surface area contributed by atoms with Crippen molar-refractivity contribution < 1.29 is 0 Å². The Morgan fingerprint density at radius 3 is 2.62 bits per heavy atom. The lowest BCUT2D eigenvalue weighted by Gasteiger charge is -2.09. The summed E-state index contributed by atoms with van der Waals surface area (Å²) in [5.41, 5.74) is 8.30. The number of nitrogens with two attached hydrogens (primary N) is 1. The number of nitrogen functional groups attached to an aromatic ring is 1. The monoisotopic (exact) mass is 255 g/mol. The molecule has 84 valence electrons. The molecular weight excluding hydrogens is 245 g/mol. The molecule has 1 heterocycles. The van der Waals surface area contributed by atoms with Gasteiger partial charge in [0.2, 0.25) is 0 Å². The second-order valence-corrected chi connectivity index (χ2v) is 4.36. The van der Waals surface area contributed by atoms with Gasteiger partial charge in [-0.25, -0.2) is 0 Å². The van der Waals surface area contributed by atoms with E-state index < -0.39 is 0 Å². The molecule has 0 aliphatic heterocycles. The predicted octanol–water partition coefficient (Wildman–Crippen LogP) is 3.13. The molecule has 1 aromatic heterocycles. The summed E-state index contributed by atoms with van der Waals surface area (Å²) in [5, 5.41) is 5.45. The fourth-order valence-electron chi connectivity index (χ4n) is 1.48. The SMILES string of the molecule is Cc1c(Cl)cnn1Cc1c(N)cccc1Cl. The molecule has 3 nitrogen and oxygen atoms in total. The molecule has 0 spiro atoms. The Kier molecular flexibility index (Phi) is 3.08. The molecule has 0 unspecified atom stereocenters. The van der Waals surface area contributed by atoms with E-state index in [1.54, 1.807) is 10.9 Å². The minimum absolute atomic E-state index is 0.532.